The molecule has 0 aliphatic carbocycles. The van der Waals surface area contributed by atoms with E-state index in [2.05, 4.69) is 20.5 Å². The molecule has 0 saturated carbocycles. The number of carbonyl (C=O) groups is 1. The first-order valence-corrected chi connectivity index (χ1v) is 5.88. The molecule has 0 unspecified atom stereocenters. The number of aromatic nitrogens is 1. The number of hydrogen-bond donors (Lipinski definition) is 2. The van der Waals surface area contributed by atoms with Crippen molar-refractivity contribution in [3.05, 3.63) is 23.6 Å². The van der Waals surface area contributed by atoms with Crippen molar-refractivity contribution < 1.29 is 9.18 Å². The predicted molar refractivity (Wildman–Crippen MR) is 69.2 cm³/mol. The van der Waals surface area contributed by atoms with Crippen LogP contribution in [0.5, 0.6) is 0 Å². The minimum absolute atomic E-state index is 0.219. The molecule has 1 heterocycles. The van der Waals surface area contributed by atoms with Crippen LogP contribution in [-0.4, -0.2) is 49.5 Å². The number of amides is 1. The molecule has 0 aromatic carbocycles. The Morgan fingerprint density at radius 2 is 2.28 bits per heavy atom. The Morgan fingerprint density at radius 3 is 2.89 bits per heavy atom. The zero-order chi connectivity index (χ0) is 13.5. The van der Waals surface area contributed by atoms with Crippen LogP contribution in [0.15, 0.2) is 12.3 Å². The average Bonchev–Trinajstić information content (AvgIpc) is 2.38. The summed E-state index contributed by atoms with van der Waals surface area (Å²) in [6.07, 6.45) is 1.08. The van der Waals surface area contributed by atoms with Crippen molar-refractivity contribution in [1.82, 2.24) is 15.2 Å². The fourth-order valence-electron chi connectivity index (χ4n) is 1.43. The summed E-state index contributed by atoms with van der Waals surface area (Å²) in [7, 11) is 3.61. The third-order valence-electron chi connectivity index (χ3n) is 2.65. The molecule has 5 nitrogen and oxygen atoms in total. The maximum atomic E-state index is 13.1. The molecule has 2 N–H and O–H groups in total. The highest BCUT2D eigenvalue weighted by atomic mass is 19.1. The van der Waals surface area contributed by atoms with Crippen LogP contribution < -0.4 is 10.6 Å². The fourth-order valence-corrected chi connectivity index (χ4v) is 1.43. The van der Waals surface area contributed by atoms with Gasteiger partial charge in [-0.3, -0.25) is 4.79 Å². The van der Waals surface area contributed by atoms with Crippen molar-refractivity contribution in [3.8, 4) is 0 Å². The second kappa shape index (κ2) is 6.90. The molecule has 0 radical (unpaired) electrons. The summed E-state index contributed by atoms with van der Waals surface area (Å²) >= 11 is 0. The number of likely N-dealkylation sites (N-methyl/N-ethyl adjacent to an activating group) is 1. The average molecular weight is 254 g/mol. The quantitative estimate of drug-likeness (QED) is 0.793. The van der Waals surface area contributed by atoms with Gasteiger partial charge in [0, 0.05) is 20.1 Å². The van der Waals surface area contributed by atoms with Crippen LogP contribution in [0.25, 0.3) is 0 Å². The third-order valence-corrected chi connectivity index (χ3v) is 2.65. The number of halogens is 1. The lowest BCUT2D eigenvalue weighted by molar-refractivity contribution is 0.0950. The Bertz CT molecular complexity index is 411. The Kier molecular flexibility index (Phi) is 5.51. The molecule has 100 valence electrons. The number of pyridine rings is 1. The van der Waals surface area contributed by atoms with E-state index in [4.69, 9.17) is 0 Å². The molecular weight excluding hydrogens is 235 g/mol. The molecule has 1 amide bonds. The van der Waals surface area contributed by atoms with Crippen LogP contribution in [0.2, 0.25) is 0 Å². The summed E-state index contributed by atoms with van der Waals surface area (Å²) in [5, 5.41) is 5.50. The van der Waals surface area contributed by atoms with Crippen LogP contribution in [0.3, 0.4) is 0 Å². The molecule has 1 rings (SSSR count). The zero-order valence-corrected chi connectivity index (χ0v) is 11.0. The maximum absolute atomic E-state index is 13.1. The molecule has 0 aliphatic rings. The molecule has 1 aromatic rings. The minimum Gasteiger partial charge on any atom is -0.372 e. The first-order valence-electron chi connectivity index (χ1n) is 5.88. The number of nitrogens with zero attached hydrogens (tertiary/aromatic N) is 2. The van der Waals surface area contributed by atoms with Crippen LogP contribution >= 0.6 is 0 Å². The molecule has 1 aromatic heterocycles. The number of nitrogens with one attached hydrogen (secondary N) is 2. The van der Waals surface area contributed by atoms with Gasteiger partial charge in [-0.15, -0.1) is 0 Å². The topological polar surface area (TPSA) is 57.3 Å². The van der Waals surface area contributed by atoms with Gasteiger partial charge in [-0.1, -0.05) is 6.92 Å². The van der Waals surface area contributed by atoms with E-state index >= 15 is 0 Å². The van der Waals surface area contributed by atoms with Gasteiger partial charge in [0.2, 0.25) is 0 Å². The number of anilines is 1. The Labute approximate surface area is 106 Å². The van der Waals surface area contributed by atoms with Gasteiger partial charge in [0.1, 0.15) is 11.6 Å². The lowest BCUT2D eigenvalue weighted by Gasteiger charge is -2.14. The lowest BCUT2D eigenvalue weighted by Crippen LogP contribution is -2.33. The van der Waals surface area contributed by atoms with Gasteiger partial charge in [-0.05, 0) is 19.7 Å². The van der Waals surface area contributed by atoms with E-state index < -0.39 is 5.82 Å². The van der Waals surface area contributed by atoms with Crippen molar-refractivity contribution in [3.63, 3.8) is 0 Å². The van der Waals surface area contributed by atoms with Gasteiger partial charge >= 0.3 is 0 Å². The Hall–Kier alpha value is -1.69. The first kappa shape index (κ1) is 14.4. The van der Waals surface area contributed by atoms with Gasteiger partial charge in [0.15, 0.2) is 0 Å². The van der Waals surface area contributed by atoms with E-state index in [-0.39, 0.29) is 11.5 Å². The van der Waals surface area contributed by atoms with Gasteiger partial charge in [-0.25, -0.2) is 9.37 Å². The standard InChI is InChI=1S/C12H19FN4O/c1-4-17(3)6-5-15-12(18)10-7-9(13)8-16-11(10)14-2/h7-8H,4-6H2,1-3H3,(H,14,16)(H,15,18). The largest absolute Gasteiger partial charge is 0.372 e. The van der Waals surface area contributed by atoms with Crippen LogP contribution in [0, 0.1) is 5.82 Å². The maximum Gasteiger partial charge on any atom is 0.255 e. The monoisotopic (exact) mass is 254 g/mol. The Balaban J connectivity index is 2.63. The molecule has 0 aliphatic heterocycles. The van der Waals surface area contributed by atoms with Crippen molar-refractivity contribution in [2.45, 2.75) is 6.92 Å². The molecule has 6 heteroatoms. The second-order valence-electron chi connectivity index (χ2n) is 3.95. The summed E-state index contributed by atoms with van der Waals surface area (Å²) in [6, 6.07) is 1.18. The predicted octanol–water partition coefficient (Wildman–Crippen LogP) is 0.944. The summed E-state index contributed by atoms with van der Waals surface area (Å²) in [5.74, 6) is -0.474. The summed E-state index contributed by atoms with van der Waals surface area (Å²) in [4.78, 5) is 17.8. The number of rotatable bonds is 6. The number of hydrogen-bond acceptors (Lipinski definition) is 4. The molecule has 0 fully saturated rings. The van der Waals surface area contributed by atoms with E-state index in [1.54, 1.807) is 7.05 Å². The second-order valence-corrected chi connectivity index (χ2v) is 3.95. The molecule has 18 heavy (non-hydrogen) atoms. The molecule has 0 saturated heterocycles. The highest BCUT2D eigenvalue weighted by Gasteiger charge is 2.12. The van der Waals surface area contributed by atoms with E-state index in [9.17, 15) is 9.18 Å². The smallest absolute Gasteiger partial charge is 0.255 e. The lowest BCUT2D eigenvalue weighted by atomic mass is 10.2. The van der Waals surface area contributed by atoms with E-state index in [1.165, 1.54) is 6.07 Å². The van der Waals surface area contributed by atoms with Crippen LogP contribution in [0.4, 0.5) is 10.2 Å². The van der Waals surface area contributed by atoms with E-state index in [1.807, 2.05) is 14.0 Å². The van der Waals surface area contributed by atoms with Crippen molar-refractivity contribution in [2.75, 3.05) is 39.0 Å². The van der Waals surface area contributed by atoms with Crippen molar-refractivity contribution in [2.24, 2.45) is 0 Å². The van der Waals surface area contributed by atoms with Crippen LogP contribution in [-0.2, 0) is 0 Å². The van der Waals surface area contributed by atoms with Crippen LogP contribution in [0.1, 0.15) is 17.3 Å². The Morgan fingerprint density at radius 1 is 1.56 bits per heavy atom. The summed E-state index contributed by atoms with van der Waals surface area (Å²) < 4.78 is 13.1. The van der Waals surface area contributed by atoms with Gasteiger partial charge < -0.3 is 15.5 Å². The molecule has 0 spiro atoms. The third kappa shape index (κ3) is 3.96. The highest BCUT2D eigenvalue weighted by molar-refractivity contribution is 5.98. The highest BCUT2D eigenvalue weighted by Crippen LogP contribution is 2.12. The summed E-state index contributed by atoms with van der Waals surface area (Å²) in [6.45, 7) is 4.22. The summed E-state index contributed by atoms with van der Waals surface area (Å²) in [5.41, 5.74) is 0.219. The fraction of sp³-hybridized carbons (Fsp3) is 0.500. The normalized spacial score (nSPS) is 10.5. The first-order chi connectivity index (χ1) is 8.58. The SMILES string of the molecule is CCN(C)CCNC(=O)c1cc(F)cnc1NC. The van der Waals surface area contributed by atoms with Crippen molar-refractivity contribution in [1.29, 1.82) is 0 Å². The van der Waals surface area contributed by atoms with E-state index in [0.29, 0.717) is 12.4 Å². The number of carbonyl (C=O) groups excluding carboxylic acids is 1. The zero-order valence-electron chi connectivity index (χ0n) is 11.0. The molecule has 0 bridgehead atoms. The molecular formula is C12H19FN4O. The van der Waals surface area contributed by atoms with Crippen molar-refractivity contribution >= 4 is 11.7 Å². The van der Waals surface area contributed by atoms with Gasteiger partial charge in [-0.2, -0.15) is 0 Å². The van der Waals surface area contributed by atoms with Gasteiger partial charge in [0.25, 0.3) is 5.91 Å². The van der Waals surface area contributed by atoms with E-state index in [0.717, 1.165) is 19.3 Å². The molecule has 0 atom stereocenters. The minimum atomic E-state index is -0.523. The van der Waals surface area contributed by atoms with Gasteiger partial charge in [0.05, 0.1) is 11.8 Å².